The van der Waals surface area contributed by atoms with Gasteiger partial charge in [0.15, 0.2) is 11.0 Å². The van der Waals surface area contributed by atoms with Crippen LogP contribution in [0.3, 0.4) is 0 Å². The first kappa shape index (κ1) is 17.1. The predicted molar refractivity (Wildman–Crippen MR) is 82.0 cm³/mol. The number of anilines is 1. The maximum Gasteiger partial charge on any atom is 0.225 e. The summed E-state index contributed by atoms with van der Waals surface area (Å²) in [6, 6.07) is 0. The molecule has 20 heavy (non-hydrogen) atoms. The van der Waals surface area contributed by atoms with Crippen LogP contribution in [-0.2, 0) is 4.79 Å². The molecule has 0 aliphatic heterocycles. The van der Waals surface area contributed by atoms with E-state index in [0.29, 0.717) is 18.9 Å². The Balaban J connectivity index is 2.48. The van der Waals surface area contributed by atoms with Crippen LogP contribution in [0, 0.1) is 5.92 Å². The average molecular weight is 319 g/mol. The summed E-state index contributed by atoms with van der Waals surface area (Å²) in [4.78, 5) is 19.5. The molecule has 1 rings (SSSR count). The number of hydrogen-bond donors (Lipinski definition) is 2. The second-order valence-corrected chi connectivity index (χ2v) is 5.38. The first-order chi connectivity index (χ1) is 9.58. The van der Waals surface area contributed by atoms with E-state index in [2.05, 4.69) is 22.2 Å². The van der Waals surface area contributed by atoms with E-state index < -0.39 is 0 Å². The summed E-state index contributed by atoms with van der Waals surface area (Å²) in [7, 11) is 0. The third kappa shape index (κ3) is 5.61. The highest BCUT2D eigenvalue weighted by molar-refractivity contribution is 6.42. The van der Waals surface area contributed by atoms with Gasteiger partial charge in [-0.05, 0) is 25.3 Å². The van der Waals surface area contributed by atoms with Gasteiger partial charge in [-0.1, -0.05) is 43.0 Å². The van der Waals surface area contributed by atoms with E-state index in [9.17, 15) is 4.79 Å². The summed E-state index contributed by atoms with van der Waals surface area (Å²) in [5, 5.41) is 2.94. The normalized spacial score (nSPS) is 12.2. The number of nitrogens with two attached hydrogens (primary N) is 1. The summed E-state index contributed by atoms with van der Waals surface area (Å²) in [6.45, 7) is 2.78. The summed E-state index contributed by atoms with van der Waals surface area (Å²) in [5.41, 5.74) is 5.58. The first-order valence-corrected chi connectivity index (χ1v) is 7.50. The van der Waals surface area contributed by atoms with Crippen LogP contribution in [0.4, 0.5) is 5.82 Å². The van der Waals surface area contributed by atoms with Crippen molar-refractivity contribution in [1.29, 1.82) is 0 Å². The van der Waals surface area contributed by atoms with E-state index in [1.165, 1.54) is 6.33 Å². The van der Waals surface area contributed by atoms with Crippen molar-refractivity contribution in [3.63, 3.8) is 0 Å². The molecule has 1 unspecified atom stereocenters. The number of carbonyl (C=O) groups is 1. The van der Waals surface area contributed by atoms with Gasteiger partial charge >= 0.3 is 0 Å². The molecule has 1 aromatic rings. The van der Waals surface area contributed by atoms with Crippen molar-refractivity contribution in [2.45, 2.75) is 39.0 Å². The molecule has 112 valence electrons. The summed E-state index contributed by atoms with van der Waals surface area (Å²) in [5.74, 6) is 0.613. The minimum atomic E-state index is -0.125. The molecule has 1 heterocycles. The Morgan fingerprint density at radius 1 is 1.35 bits per heavy atom. The number of amides is 1. The predicted octanol–water partition coefficient (Wildman–Crippen LogP) is 3.27. The smallest absolute Gasteiger partial charge is 0.225 e. The van der Waals surface area contributed by atoms with Gasteiger partial charge in [0, 0.05) is 6.42 Å². The monoisotopic (exact) mass is 318 g/mol. The molecule has 1 aromatic heterocycles. The van der Waals surface area contributed by atoms with Crippen LogP contribution in [0.2, 0.25) is 10.2 Å². The zero-order valence-electron chi connectivity index (χ0n) is 11.5. The molecule has 0 bridgehead atoms. The lowest BCUT2D eigenvalue weighted by atomic mass is 9.94. The molecule has 0 spiro atoms. The summed E-state index contributed by atoms with van der Waals surface area (Å²) >= 11 is 11.7. The van der Waals surface area contributed by atoms with Crippen LogP contribution >= 0.6 is 23.2 Å². The molecule has 0 aliphatic rings. The molecular weight excluding hydrogens is 299 g/mol. The molecule has 1 amide bonds. The average Bonchev–Trinajstić information content (AvgIpc) is 2.42. The highest BCUT2D eigenvalue weighted by atomic mass is 35.5. The van der Waals surface area contributed by atoms with E-state index in [-0.39, 0.29) is 21.9 Å². The highest BCUT2D eigenvalue weighted by Crippen LogP contribution is 2.25. The minimum absolute atomic E-state index is 0.125. The maximum absolute atomic E-state index is 11.9. The largest absolute Gasteiger partial charge is 0.330 e. The van der Waals surface area contributed by atoms with Crippen LogP contribution in [-0.4, -0.2) is 22.4 Å². The molecular formula is C13H20Cl2N4O. The lowest BCUT2D eigenvalue weighted by Crippen LogP contribution is -2.16. The van der Waals surface area contributed by atoms with Crippen molar-refractivity contribution in [1.82, 2.24) is 9.97 Å². The highest BCUT2D eigenvalue weighted by Gasteiger charge is 2.13. The number of aromatic nitrogens is 2. The molecule has 0 fully saturated rings. The Hall–Kier alpha value is -0.910. The fourth-order valence-corrected chi connectivity index (χ4v) is 2.32. The minimum Gasteiger partial charge on any atom is -0.330 e. The van der Waals surface area contributed by atoms with Crippen molar-refractivity contribution in [3.8, 4) is 0 Å². The second-order valence-electron chi connectivity index (χ2n) is 4.65. The van der Waals surface area contributed by atoms with Crippen LogP contribution in [0.1, 0.15) is 39.0 Å². The van der Waals surface area contributed by atoms with Gasteiger partial charge in [0.1, 0.15) is 11.3 Å². The Kier molecular flexibility index (Phi) is 7.80. The Labute approximate surface area is 129 Å². The molecule has 0 radical (unpaired) electrons. The molecule has 0 aliphatic carbocycles. The third-order valence-electron chi connectivity index (χ3n) is 3.06. The van der Waals surface area contributed by atoms with Gasteiger partial charge in [0.2, 0.25) is 5.91 Å². The van der Waals surface area contributed by atoms with Crippen molar-refractivity contribution < 1.29 is 4.79 Å². The van der Waals surface area contributed by atoms with E-state index in [0.717, 1.165) is 25.7 Å². The van der Waals surface area contributed by atoms with Crippen molar-refractivity contribution >= 4 is 34.9 Å². The maximum atomic E-state index is 11.9. The van der Waals surface area contributed by atoms with E-state index in [1.54, 1.807) is 0 Å². The van der Waals surface area contributed by atoms with E-state index >= 15 is 0 Å². The molecule has 1 atom stereocenters. The molecule has 3 N–H and O–H groups in total. The molecule has 0 aromatic carbocycles. The quantitative estimate of drug-likeness (QED) is 0.721. The molecule has 0 saturated heterocycles. The number of nitrogens with zero attached hydrogens (tertiary/aromatic N) is 2. The zero-order valence-corrected chi connectivity index (χ0v) is 13.0. The third-order valence-corrected chi connectivity index (χ3v) is 3.80. The molecule has 5 nitrogen and oxygen atoms in total. The van der Waals surface area contributed by atoms with Crippen molar-refractivity contribution in [2.75, 3.05) is 11.9 Å². The first-order valence-electron chi connectivity index (χ1n) is 6.74. The Morgan fingerprint density at radius 2 is 2.10 bits per heavy atom. The van der Waals surface area contributed by atoms with Gasteiger partial charge in [-0.3, -0.25) is 4.79 Å². The van der Waals surface area contributed by atoms with Crippen LogP contribution in [0.5, 0.6) is 0 Å². The van der Waals surface area contributed by atoms with Crippen molar-refractivity contribution in [2.24, 2.45) is 11.7 Å². The number of carbonyl (C=O) groups excluding carboxylic acids is 1. The Morgan fingerprint density at radius 3 is 2.75 bits per heavy atom. The fraction of sp³-hybridized carbons (Fsp3) is 0.615. The summed E-state index contributed by atoms with van der Waals surface area (Å²) < 4.78 is 0. The summed E-state index contributed by atoms with van der Waals surface area (Å²) in [6.07, 6.45) is 5.62. The van der Waals surface area contributed by atoms with Gasteiger partial charge in [0.05, 0.1) is 0 Å². The lowest BCUT2D eigenvalue weighted by Gasteiger charge is -2.14. The number of rotatable bonds is 8. The van der Waals surface area contributed by atoms with Gasteiger partial charge in [-0.2, -0.15) is 0 Å². The van der Waals surface area contributed by atoms with Gasteiger partial charge in [-0.25, -0.2) is 9.97 Å². The fourth-order valence-electron chi connectivity index (χ4n) is 2.04. The van der Waals surface area contributed by atoms with Crippen LogP contribution in [0.15, 0.2) is 6.33 Å². The number of nitrogens with one attached hydrogen (secondary N) is 1. The topological polar surface area (TPSA) is 80.9 Å². The van der Waals surface area contributed by atoms with Gasteiger partial charge < -0.3 is 11.1 Å². The Bertz CT molecular complexity index is 436. The van der Waals surface area contributed by atoms with Crippen molar-refractivity contribution in [3.05, 3.63) is 16.5 Å². The SMILES string of the molecule is CCCC(CCN)CCC(=O)Nc1ncnc(Cl)c1Cl. The van der Waals surface area contributed by atoms with Crippen LogP contribution < -0.4 is 11.1 Å². The van der Waals surface area contributed by atoms with Crippen LogP contribution in [0.25, 0.3) is 0 Å². The van der Waals surface area contributed by atoms with E-state index in [4.69, 9.17) is 28.9 Å². The molecule has 7 heteroatoms. The van der Waals surface area contributed by atoms with Gasteiger partial charge in [0.25, 0.3) is 0 Å². The molecule has 0 saturated carbocycles. The standard InChI is InChI=1S/C13H20Cl2N4O/c1-2-3-9(6-7-16)4-5-10(20)19-13-11(14)12(15)17-8-18-13/h8-9H,2-7,16H2,1H3,(H,17,18,19,20). The number of hydrogen-bond acceptors (Lipinski definition) is 4. The van der Waals surface area contributed by atoms with Gasteiger partial charge in [-0.15, -0.1) is 0 Å². The zero-order chi connectivity index (χ0) is 15.0. The number of halogens is 2. The van der Waals surface area contributed by atoms with E-state index in [1.807, 2.05) is 0 Å². The lowest BCUT2D eigenvalue weighted by molar-refractivity contribution is -0.116. The second kappa shape index (κ2) is 9.10.